The molecule has 0 atom stereocenters. The maximum atomic E-state index is 12.7. The summed E-state index contributed by atoms with van der Waals surface area (Å²) in [4.78, 5) is 41.3. The van der Waals surface area contributed by atoms with Gasteiger partial charge in [0.1, 0.15) is 5.82 Å². The second kappa shape index (κ2) is 8.37. The predicted octanol–water partition coefficient (Wildman–Crippen LogP) is 3.82. The standard InChI is InChI=1S/C24H26N6O2/c1-15-17(22(32)29-21(26-15)16-11-13-25-14-12-16)9-10-20(31)28-23-27-18-7-5-6-8-19(18)30(23)24(2,3)4/h5-8,11-14H,9-10H2,1-4H3,(H,26,29,32)(H,27,28,31). The summed E-state index contributed by atoms with van der Waals surface area (Å²) in [6, 6.07) is 11.4. The zero-order valence-electron chi connectivity index (χ0n) is 18.6. The van der Waals surface area contributed by atoms with Crippen molar-refractivity contribution in [1.29, 1.82) is 0 Å². The molecule has 8 nitrogen and oxygen atoms in total. The summed E-state index contributed by atoms with van der Waals surface area (Å²) in [5.74, 6) is 0.783. The van der Waals surface area contributed by atoms with E-state index in [4.69, 9.17) is 0 Å². The fourth-order valence-electron chi connectivity index (χ4n) is 3.77. The lowest BCUT2D eigenvalue weighted by molar-refractivity contribution is -0.116. The molecule has 1 amide bonds. The van der Waals surface area contributed by atoms with Gasteiger partial charge in [-0.2, -0.15) is 0 Å². The van der Waals surface area contributed by atoms with Gasteiger partial charge in [0.25, 0.3) is 5.56 Å². The number of anilines is 1. The summed E-state index contributed by atoms with van der Waals surface area (Å²) >= 11 is 0. The molecular formula is C24H26N6O2. The highest BCUT2D eigenvalue weighted by Gasteiger charge is 2.22. The molecule has 3 heterocycles. The minimum absolute atomic E-state index is 0.146. The van der Waals surface area contributed by atoms with Crippen LogP contribution in [-0.2, 0) is 16.8 Å². The quantitative estimate of drug-likeness (QED) is 0.501. The molecule has 0 aliphatic carbocycles. The summed E-state index contributed by atoms with van der Waals surface area (Å²) in [6.07, 6.45) is 3.72. The molecule has 1 aromatic carbocycles. The monoisotopic (exact) mass is 430 g/mol. The van der Waals surface area contributed by atoms with Crippen molar-refractivity contribution >= 4 is 22.9 Å². The van der Waals surface area contributed by atoms with Crippen molar-refractivity contribution < 1.29 is 4.79 Å². The number of hydrogen-bond donors (Lipinski definition) is 2. The van der Waals surface area contributed by atoms with Gasteiger partial charge in [-0.1, -0.05) is 12.1 Å². The van der Waals surface area contributed by atoms with Crippen LogP contribution in [0, 0.1) is 6.92 Å². The molecule has 0 unspecified atom stereocenters. The first kappa shape index (κ1) is 21.4. The number of amides is 1. The Kier molecular flexibility index (Phi) is 5.61. The third-order valence-electron chi connectivity index (χ3n) is 5.26. The van der Waals surface area contributed by atoms with Crippen LogP contribution in [0.3, 0.4) is 0 Å². The number of imidazole rings is 1. The number of nitrogens with one attached hydrogen (secondary N) is 2. The van der Waals surface area contributed by atoms with Crippen molar-refractivity contribution in [2.45, 2.75) is 46.1 Å². The average Bonchev–Trinajstić information content (AvgIpc) is 3.11. The number of pyridine rings is 1. The van der Waals surface area contributed by atoms with Crippen LogP contribution in [0.2, 0.25) is 0 Å². The number of carbonyl (C=O) groups is 1. The van der Waals surface area contributed by atoms with Crippen LogP contribution in [0.5, 0.6) is 0 Å². The first-order valence-corrected chi connectivity index (χ1v) is 10.5. The van der Waals surface area contributed by atoms with E-state index in [2.05, 4.69) is 46.0 Å². The number of aromatic nitrogens is 5. The van der Waals surface area contributed by atoms with Gasteiger partial charge in [0.2, 0.25) is 11.9 Å². The molecule has 4 rings (SSSR count). The normalized spacial score (nSPS) is 11.6. The molecule has 0 saturated carbocycles. The first-order valence-electron chi connectivity index (χ1n) is 10.5. The van der Waals surface area contributed by atoms with Crippen LogP contribution >= 0.6 is 0 Å². The second-order valence-electron chi connectivity index (χ2n) is 8.69. The number of carbonyl (C=O) groups excluding carboxylic acids is 1. The number of fused-ring (bicyclic) bond motifs is 1. The van der Waals surface area contributed by atoms with E-state index in [-0.39, 0.29) is 29.8 Å². The zero-order valence-corrected chi connectivity index (χ0v) is 18.6. The van der Waals surface area contributed by atoms with Gasteiger partial charge in [0, 0.05) is 41.2 Å². The van der Waals surface area contributed by atoms with E-state index in [9.17, 15) is 9.59 Å². The van der Waals surface area contributed by atoms with Gasteiger partial charge in [-0.15, -0.1) is 0 Å². The van der Waals surface area contributed by atoms with Crippen molar-refractivity contribution in [3.8, 4) is 11.4 Å². The van der Waals surface area contributed by atoms with Crippen molar-refractivity contribution in [3.63, 3.8) is 0 Å². The minimum Gasteiger partial charge on any atom is -0.306 e. The lowest BCUT2D eigenvalue weighted by atomic mass is 10.1. The molecule has 0 bridgehead atoms. The smallest absolute Gasteiger partial charge is 0.254 e. The van der Waals surface area contributed by atoms with Crippen molar-refractivity contribution in [2.75, 3.05) is 5.32 Å². The van der Waals surface area contributed by atoms with Crippen molar-refractivity contribution in [1.82, 2.24) is 24.5 Å². The van der Waals surface area contributed by atoms with E-state index in [0.29, 0.717) is 23.0 Å². The molecule has 8 heteroatoms. The molecule has 32 heavy (non-hydrogen) atoms. The molecule has 0 spiro atoms. The van der Waals surface area contributed by atoms with Gasteiger partial charge in [0.05, 0.1) is 11.0 Å². The van der Waals surface area contributed by atoms with Crippen molar-refractivity contribution in [3.05, 3.63) is 70.4 Å². The Hall–Kier alpha value is -3.81. The van der Waals surface area contributed by atoms with Crippen LogP contribution in [-0.4, -0.2) is 30.4 Å². The summed E-state index contributed by atoms with van der Waals surface area (Å²) < 4.78 is 2.02. The van der Waals surface area contributed by atoms with Crippen LogP contribution in [0.15, 0.2) is 53.6 Å². The number of benzene rings is 1. The molecule has 4 aromatic rings. The van der Waals surface area contributed by atoms with Gasteiger partial charge in [-0.05, 0) is 58.4 Å². The number of hydrogen-bond acceptors (Lipinski definition) is 5. The fourth-order valence-corrected chi connectivity index (χ4v) is 3.77. The molecule has 0 fully saturated rings. The lowest BCUT2D eigenvalue weighted by Crippen LogP contribution is -2.26. The Morgan fingerprint density at radius 2 is 1.81 bits per heavy atom. The van der Waals surface area contributed by atoms with Crippen LogP contribution in [0.25, 0.3) is 22.4 Å². The minimum atomic E-state index is -0.265. The number of nitrogens with zero attached hydrogens (tertiary/aromatic N) is 4. The van der Waals surface area contributed by atoms with Gasteiger partial charge in [-0.3, -0.25) is 19.9 Å². The summed E-state index contributed by atoms with van der Waals surface area (Å²) in [6.45, 7) is 7.98. The van der Waals surface area contributed by atoms with Crippen LogP contribution in [0.1, 0.15) is 38.4 Å². The van der Waals surface area contributed by atoms with E-state index >= 15 is 0 Å². The number of H-pyrrole nitrogens is 1. The van der Waals surface area contributed by atoms with Gasteiger partial charge in [-0.25, -0.2) is 9.97 Å². The molecule has 0 aliphatic rings. The maximum Gasteiger partial charge on any atom is 0.254 e. The van der Waals surface area contributed by atoms with E-state index in [1.54, 1.807) is 31.5 Å². The lowest BCUT2D eigenvalue weighted by Gasteiger charge is -2.24. The van der Waals surface area contributed by atoms with E-state index < -0.39 is 0 Å². The zero-order chi connectivity index (χ0) is 22.9. The summed E-state index contributed by atoms with van der Waals surface area (Å²) in [5.41, 5.74) is 3.17. The third kappa shape index (κ3) is 4.30. The molecule has 3 aromatic heterocycles. The molecule has 0 aliphatic heterocycles. The van der Waals surface area contributed by atoms with Gasteiger partial charge < -0.3 is 9.55 Å². The third-order valence-corrected chi connectivity index (χ3v) is 5.26. The van der Waals surface area contributed by atoms with Gasteiger partial charge in [0.15, 0.2) is 0 Å². The highest BCUT2D eigenvalue weighted by Crippen LogP contribution is 2.28. The largest absolute Gasteiger partial charge is 0.306 e. The SMILES string of the molecule is Cc1nc(-c2ccncc2)[nH]c(=O)c1CCC(=O)Nc1nc2ccccc2n1C(C)(C)C. The van der Waals surface area contributed by atoms with Gasteiger partial charge >= 0.3 is 0 Å². The maximum absolute atomic E-state index is 12.7. The Morgan fingerprint density at radius 3 is 2.50 bits per heavy atom. The summed E-state index contributed by atoms with van der Waals surface area (Å²) in [7, 11) is 0. The van der Waals surface area contributed by atoms with Crippen molar-refractivity contribution in [2.24, 2.45) is 0 Å². The summed E-state index contributed by atoms with van der Waals surface area (Å²) in [5, 5.41) is 2.93. The molecule has 0 radical (unpaired) electrons. The number of aromatic amines is 1. The Labute approximate surface area is 185 Å². The second-order valence-corrected chi connectivity index (χ2v) is 8.69. The van der Waals surface area contributed by atoms with Crippen LogP contribution in [0.4, 0.5) is 5.95 Å². The molecule has 2 N–H and O–H groups in total. The van der Waals surface area contributed by atoms with E-state index in [1.165, 1.54) is 0 Å². The molecule has 0 saturated heterocycles. The number of aryl methyl sites for hydroxylation is 1. The average molecular weight is 431 g/mol. The Bertz CT molecular complexity index is 1330. The number of rotatable bonds is 5. The van der Waals surface area contributed by atoms with E-state index in [1.807, 2.05) is 28.8 Å². The van der Waals surface area contributed by atoms with Crippen LogP contribution < -0.4 is 10.9 Å². The fraction of sp³-hybridized carbons (Fsp3) is 0.292. The number of para-hydroxylation sites is 2. The highest BCUT2D eigenvalue weighted by molar-refractivity contribution is 5.91. The predicted molar refractivity (Wildman–Crippen MR) is 125 cm³/mol. The highest BCUT2D eigenvalue weighted by atomic mass is 16.1. The Balaban J connectivity index is 1.53. The Morgan fingerprint density at radius 1 is 1.09 bits per heavy atom. The topological polar surface area (TPSA) is 106 Å². The molecular weight excluding hydrogens is 404 g/mol. The molecule has 164 valence electrons. The van der Waals surface area contributed by atoms with E-state index in [0.717, 1.165) is 16.6 Å². The first-order chi connectivity index (χ1) is 15.2.